The molecule has 1 heterocycles. The summed E-state index contributed by atoms with van der Waals surface area (Å²) in [6, 6.07) is 15.5. The molecule has 1 aliphatic heterocycles. The highest BCUT2D eigenvalue weighted by Gasteiger charge is 2.23. The Morgan fingerprint density at radius 2 is 2.03 bits per heavy atom. The highest BCUT2D eigenvalue weighted by molar-refractivity contribution is 5.97. The van der Waals surface area contributed by atoms with Crippen molar-refractivity contribution in [3.8, 4) is 0 Å². The predicted octanol–water partition coefficient (Wildman–Crippen LogP) is 3.36. The van der Waals surface area contributed by atoms with Gasteiger partial charge in [-0.05, 0) is 42.0 Å². The molecule has 2 aromatic rings. The lowest BCUT2D eigenvalue weighted by Crippen LogP contribution is -2.38. The Balaban J connectivity index is 1.56. The van der Waals surface area contributed by atoms with Gasteiger partial charge in [0.1, 0.15) is 0 Å². The van der Waals surface area contributed by atoms with E-state index in [0.717, 1.165) is 49.0 Å². The number of hydrogen-bond donors (Lipinski definition) is 2. The van der Waals surface area contributed by atoms with Gasteiger partial charge in [-0.2, -0.15) is 0 Å². The summed E-state index contributed by atoms with van der Waals surface area (Å²) in [5, 5.41) is 12.5. The van der Waals surface area contributed by atoms with Gasteiger partial charge >= 0.3 is 6.03 Å². The number of hydroxylamine groups is 2. The molecule has 6 nitrogen and oxygen atoms in total. The van der Waals surface area contributed by atoms with Crippen molar-refractivity contribution in [3.63, 3.8) is 0 Å². The first-order valence-corrected chi connectivity index (χ1v) is 9.89. The molecule has 152 valence electrons. The monoisotopic (exact) mass is 393 g/mol. The van der Waals surface area contributed by atoms with Crippen LogP contribution in [0.3, 0.4) is 0 Å². The van der Waals surface area contributed by atoms with Crippen molar-refractivity contribution in [1.29, 1.82) is 0 Å². The third-order valence-corrected chi connectivity index (χ3v) is 5.07. The Morgan fingerprint density at radius 3 is 2.79 bits per heavy atom. The number of rotatable bonds is 7. The van der Waals surface area contributed by atoms with Gasteiger partial charge in [0.25, 0.3) is 5.91 Å². The molecule has 3 rings (SSSR count). The number of aryl methyl sites for hydroxylation is 1. The number of hydrogen-bond acceptors (Lipinski definition) is 3. The summed E-state index contributed by atoms with van der Waals surface area (Å²) in [6.45, 7) is 1.58. The summed E-state index contributed by atoms with van der Waals surface area (Å²) in [4.78, 5) is 26.0. The van der Waals surface area contributed by atoms with Crippen LogP contribution in [0.5, 0.6) is 0 Å². The number of amides is 3. The van der Waals surface area contributed by atoms with Gasteiger partial charge < -0.3 is 10.2 Å². The summed E-state index contributed by atoms with van der Waals surface area (Å²) >= 11 is 0. The number of nitrogens with zero attached hydrogens (tertiary/aromatic N) is 2. The summed E-state index contributed by atoms with van der Waals surface area (Å²) in [5.41, 5.74) is 4.05. The Morgan fingerprint density at radius 1 is 1.24 bits per heavy atom. The normalized spacial score (nSPS) is 13.4. The van der Waals surface area contributed by atoms with Gasteiger partial charge in [-0.3, -0.25) is 10.0 Å². The van der Waals surface area contributed by atoms with E-state index in [1.165, 1.54) is 12.6 Å². The van der Waals surface area contributed by atoms with E-state index in [0.29, 0.717) is 5.06 Å². The first-order valence-electron chi connectivity index (χ1n) is 9.89. The summed E-state index contributed by atoms with van der Waals surface area (Å²) in [6.07, 6.45) is 6.30. The lowest BCUT2D eigenvalue weighted by Gasteiger charge is -2.29. The molecular formula is C23H27N3O3. The fourth-order valence-corrected chi connectivity index (χ4v) is 3.49. The van der Waals surface area contributed by atoms with Gasteiger partial charge in [-0.25, -0.2) is 9.86 Å². The van der Waals surface area contributed by atoms with Crippen LogP contribution >= 0.6 is 0 Å². The standard InChI is InChI=1S/C23H27N3O3/c1-24-23(28)26(29)15-6-10-19-11-12-21-20(17-19)13-16-25(22(21)27)14-5-9-18-7-3-2-4-8-18/h2-4,6-8,10-12,17,29H,5,9,13-16H2,1H3,(H,24,28)/b10-6-. The molecule has 1 aliphatic rings. The van der Waals surface area contributed by atoms with Crippen LogP contribution in [0.2, 0.25) is 0 Å². The first-order chi connectivity index (χ1) is 14.1. The molecule has 0 atom stereocenters. The molecule has 0 bridgehead atoms. The van der Waals surface area contributed by atoms with Crippen LogP contribution < -0.4 is 5.32 Å². The third kappa shape index (κ3) is 5.45. The molecule has 0 unspecified atom stereocenters. The van der Waals surface area contributed by atoms with Crippen LogP contribution in [-0.2, 0) is 12.8 Å². The fourth-order valence-electron chi connectivity index (χ4n) is 3.49. The Hall–Kier alpha value is -3.12. The maximum Gasteiger partial charge on any atom is 0.341 e. The van der Waals surface area contributed by atoms with Crippen LogP contribution in [0.1, 0.15) is 33.5 Å². The maximum atomic E-state index is 12.8. The van der Waals surface area contributed by atoms with Crippen LogP contribution in [0.4, 0.5) is 4.79 Å². The van der Waals surface area contributed by atoms with Crippen LogP contribution in [-0.4, -0.2) is 53.8 Å². The van der Waals surface area contributed by atoms with Crippen LogP contribution in [0.25, 0.3) is 6.08 Å². The summed E-state index contributed by atoms with van der Waals surface area (Å²) in [5.74, 6) is 0.0935. The van der Waals surface area contributed by atoms with E-state index < -0.39 is 6.03 Å². The van der Waals surface area contributed by atoms with Gasteiger partial charge in [0, 0.05) is 25.7 Å². The third-order valence-electron chi connectivity index (χ3n) is 5.07. The van der Waals surface area contributed by atoms with Crippen molar-refractivity contribution in [3.05, 3.63) is 76.9 Å². The largest absolute Gasteiger partial charge is 0.341 e. The second kappa shape index (κ2) is 9.89. The zero-order chi connectivity index (χ0) is 20.6. The van der Waals surface area contributed by atoms with Crippen molar-refractivity contribution in [1.82, 2.24) is 15.3 Å². The zero-order valence-corrected chi connectivity index (χ0v) is 16.7. The highest BCUT2D eigenvalue weighted by Crippen LogP contribution is 2.21. The molecule has 3 amide bonds. The van der Waals surface area contributed by atoms with Crippen molar-refractivity contribution >= 4 is 18.0 Å². The zero-order valence-electron chi connectivity index (χ0n) is 16.7. The molecule has 0 spiro atoms. The Labute approximate surface area is 171 Å². The van der Waals surface area contributed by atoms with Crippen LogP contribution in [0.15, 0.2) is 54.6 Å². The highest BCUT2D eigenvalue weighted by atomic mass is 16.5. The Kier molecular flexibility index (Phi) is 7.03. The number of fused-ring (bicyclic) bond motifs is 1. The van der Waals surface area contributed by atoms with E-state index in [4.69, 9.17) is 0 Å². The lowest BCUT2D eigenvalue weighted by atomic mass is 9.96. The molecule has 6 heteroatoms. The van der Waals surface area contributed by atoms with Gasteiger partial charge in [-0.15, -0.1) is 0 Å². The number of urea groups is 1. The molecule has 0 aromatic heterocycles. The first kappa shape index (κ1) is 20.6. The lowest BCUT2D eigenvalue weighted by molar-refractivity contribution is -0.0318. The number of carbonyl (C=O) groups excluding carboxylic acids is 2. The molecular weight excluding hydrogens is 366 g/mol. The second-order valence-electron chi connectivity index (χ2n) is 7.09. The van der Waals surface area contributed by atoms with Crippen molar-refractivity contribution < 1.29 is 14.8 Å². The second-order valence-corrected chi connectivity index (χ2v) is 7.09. The van der Waals surface area contributed by atoms with Crippen molar-refractivity contribution in [2.75, 3.05) is 26.7 Å². The molecule has 2 N–H and O–H groups in total. The van der Waals surface area contributed by atoms with E-state index in [1.807, 2.05) is 47.4 Å². The molecule has 29 heavy (non-hydrogen) atoms. The van der Waals surface area contributed by atoms with Gasteiger partial charge in [0.2, 0.25) is 0 Å². The minimum absolute atomic E-state index is 0.0882. The molecule has 2 aromatic carbocycles. The minimum Gasteiger partial charge on any atom is -0.339 e. The summed E-state index contributed by atoms with van der Waals surface area (Å²) in [7, 11) is 1.46. The van der Waals surface area contributed by atoms with Crippen LogP contribution in [0, 0.1) is 0 Å². The van der Waals surface area contributed by atoms with E-state index in [1.54, 1.807) is 6.08 Å². The predicted molar refractivity (Wildman–Crippen MR) is 113 cm³/mol. The molecule has 0 saturated heterocycles. The quantitative estimate of drug-likeness (QED) is 0.560. The van der Waals surface area contributed by atoms with Crippen molar-refractivity contribution in [2.45, 2.75) is 19.3 Å². The average molecular weight is 393 g/mol. The average Bonchev–Trinajstić information content (AvgIpc) is 2.75. The topological polar surface area (TPSA) is 72.9 Å². The number of benzene rings is 2. The maximum absolute atomic E-state index is 12.8. The molecule has 0 radical (unpaired) electrons. The van der Waals surface area contributed by atoms with E-state index in [-0.39, 0.29) is 12.5 Å². The van der Waals surface area contributed by atoms with Gasteiger partial charge in [0.05, 0.1) is 6.54 Å². The molecule has 0 saturated carbocycles. The van der Waals surface area contributed by atoms with E-state index >= 15 is 0 Å². The SMILES string of the molecule is CNC(=O)N(O)C/C=C\c1ccc2c(c1)CCN(CCCc1ccccc1)C2=O. The van der Waals surface area contributed by atoms with E-state index in [9.17, 15) is 14.8 Å². The minimum atomic E-state index is -0.557. The fraction of sp³-hybridized carbons (Fsp3) is 0.304. The number of nitrogens with one attached hydrogen (secondary N) is 1. The smallest absolute Gasteiger partial charge is 0.339 e. The van der Waals surface area contributed by atoms with Crippen molar-refractivity contribution in [2.24, 2.45) is 0 Å². The molecule has 0 fully saturated rings. The van der Waals surface area contributed by atoms with E-state index in [2.05, 4.69) is 17.4 Å². The Bertz CT molecular complexity index is 880. The number of carbonyl (C=O) groups is 2. The molecule has 0 aliphatic carbocycles. The van der Waals surface area contributed by atoms with Gasteiger partial charge in [-0.1, -0.05) is 54.6 Å². The van der Waals surface area contributed by atoms with Gasteiger partial charge in [0.15, 0.2) is 0 Å². The summed E-state index contributed by atoms with van der Waals surface area (Å²) < 4.78 is 0.